The Morgan fingerprint density at radius 3 is 0.864 bits per heavy atom. The molecule has 0 amide bonds. The molecule has 0 radical (unpaired) electrons. The minimum absolute atomic E-state index is 0.410. The lowest BCUT2D eigenvalue weighted by molar-refractivity contribution is -0.286. The molecule has 0 fully saturated rings. The van der Waals surface area contributed by atoms with Crippen molar-refractivity contribution in [2.24, 2.45) is 0 Å². The van der Waals surface area contributed by atoms with E-state index in [-0.39, 0.29) is 0 Å². The quantitative estimate of drug-likeness (QED) is 0.282. The molecule has 0 rings (SSSR count). The monoisotopic (exact) mass is 318 g/mol. The first-order chi connectivity index (χ1) is 10.8. The van der Waals surface area contributed by atoms with E-state index in [4.69, 9.17) is 18.9 Å². The second-order valence-electron chi connectivity index (χ2n) is 5.63. The third-order valence-corrected chi connectivity index (χ3v) is 3.34. The van der Waals surface area contributed by atoms with Crippen molar-refractivity contribution in [3.8, 4) is 0 Å². The van der Waals surface area contributed by atoms with Crippen LogP contribution < -0.4 is 0 Å². The van der Waals surface area contributed by atoms with E-state index < -0.39 is 12.6 Å². The Kier molecular flexibility index (Phi) is 17.1. The van der Waals surface area contributed by atoms with E-state index in [1.165, 1.54) is 0 Å². The van der Waals surface area contributed by atoms with Crippen LogP contribution in [0.2, 0.25) is 0 Å². The molecule has 0 aromatic rings. The molecule has 0 heterocycles. The summed E-state index contributed by atoms with van der Waals surface area (Å²) < 4.78 is 23.5. The van der Waals surface area contributed by atoms with Crippen LogP contribution in [0.1, 0.15) is 79.1 Å². The van der Waals surface area contributed by atoms with Crippen molar-refractivity contribution in [1.82, 2.24) is 0 Å². The van der Waals surface area contributed by atoms with Gasteiger partial charge in [0.15, 0.2) is 0 Å². The maximum absolute atomic E-state index is 5.88. The van der Waals surface area contributed by atoms with E-state index in [1.54, 1.807) is 0 Å². The van der Waals surface area contributed by atoms with Crippen LogP contribution in [0.5, 0.6) is 0 Å². The predicted octanol–water partition coefficient (Wildman–Crippen LogP) is 4.91. The summed E-state index contributed by atoms with van der Waals surface area (Å²) in [5.74, 6) is 0. The Bertz CT molecular complexity index is 169. The SMILES string of the molecule is CCCCOC(OCCCC)C(OCCCC)OCCCC. The van der Waals surface area contributed by atoms with Crippen molar-refractivity contribution in [1.29, 1.82) is 0 Å². The molecule has 0 saturated carbocycles. The third-order valence-electron chi connectivity index (χ3n) is 3.34. The Morgan fingerprint density at radius 1 is 0.455 bits per heavy atom. The second kappa shape index (κ2) is 17.2. The summed E-state index contributed by atoms with van der Waals surface area (Å²) >= 11 is 0. The minimum atomic E-state index is -0.410. The number of unbranched alkanes of at least 4 members (excludes halogenated alkanes) is 4. The zero-order chi connectivity index (χ0) is 16.5. The van der Waals surface area contributed by atoms with Crippen molar-refractivity contribution in [2.45, 2.75) is 91.6 Å². The number of hydrogen-bond donors (Lipinski definition) is 0. The van der Waals surface area contributed by atoms with E-state index >= 15 is 0 Å². The molecule has 0 spiro atoms. The van der Waals surface area contributed by atoms with Crippen LogP contribution in [0.15, 0.2) is 0 Å². The predicted molar refractivity (Wildman–Crippen MR) is 91.0 cm³/mol. The number of hydrogen-bond acceptors (Lipinski definition) is 4. The largest absolute Gasteiger partial charge is 0.348 e. The summed E-state index contributed by atoms with van der Waals surface area (Å²) in [5, 5.41) is 0. The maximum atomic E-state index is 5.88. The average Bonchev–Trinajstić information content (AvgIpc) is 2.53. The van der Waals surface area contributed by atoms with Crippen molar-refractivity contribution in [2.75, 3.05) is 26.4 Å². The van der Waals surface area contributed by atoms with Gasteiger partial charge < -0.3 is 18.9 Å². The lowest BCUT2D eigenvalue weighted by atomic mass is 10.3. The fraction of sp³-hybridized carbons (Fsp3) is 1.00. The molecule has 4 nitrogen and oxygen atoms in total. The first-order valence-electron chi connectivity index (χ1n) is 9.26. The summed E-state index contributed by atoms with van der Waals surface area (Å²) in [6.07, 6.45) is 7.75. The van der Waals surface area contributed by atoms with Crippen LogP contribution in [0.25, 0.3) is 0 Å². The molecule has 0 saturated heterocycles. The molecular weight excluding hydrogens is 280 g/mol. The highest BCUT2D eigenvalue weighted by Gasteiger charge is 2.24. The molecule has 134 valence electrons. The number of ether oxygens (including phenoxy) is 4. The van der Waals surface area contributed by atoms with Gasteiger partial charge >= 0.3 is 0 Å². The lowest BCUT2D eigenvalue weighted by Crippen LogP contribution is -2.37. The van der Waals surface area contributed by atoms with Crippen LogP contribution in [0.3, 0.4) is 0 Å². The highest BCUT2D eigenvalue weighted by atomic mass is 16.8. The van der Waals surface area contributed by atoms with E-state index in [0.29, 0.717) is 26.4 Å². The van der Waals surface area contributed by atoms with E-state index in [2.05, 4.69) is 27.7 Å². The molecule has 0 bridgehead atoms. The third kappa shape index (κ3) is 12.4. The maximum Gasteiger partial charge on any atom is 0.209 e. The van der Waals surface area contributed by atoms with Gasteiger partial charge in [-0.2, -0.15) is 0 Å². The van der Waals surface area contributed by atoms with E-state index in [1.807, 2.05) is 0 Å². The van der Waals surface area contributed by atoms with E-state index in [9.17, 15) is 0 Å². The lowest BCUT2D eigenvalue weighted by Gasteiger charge is -2.27. The molecule has 0 unspecified atom stereocenters. The summed E-state index contributed by atoms with van der Waals surface area (Å²) in [6, 6.07) is 0. The van der Waals surface area contributed by atoms with Crippen molar-refractivity contribution < 1.29 is 18.9 Å². The summed E-state index contributed by atoms with van der Waals surface area (Å²) in [4.78, 5) is 0. The average molecular weight is 318 g/mol. The normalized spacial score (nSPS) is 11.7. The number of rotatable bonds is 17. The van der Waals surface area contributed by atoms with Gasteiger partial charge in [0.1, 0.15) is 0 Å². The van der Waals surface area contributed by atoms with Gasteiger partial charge in [0.05, 0.1) is 0 Å². The molecule has 0 atom stereocenters. The van der Waals surface area contributed by atoms with Gasteiger partial charge in [0.25, 0.3) is 0 Å². The van der Waals surface area contributed by atoms with Crippen LogP contribution in [-0.2, 0) is 18.9 Å². The van der Waals surface area contributed by atoms with Crippen molar-refractivity contribution in [3.05, 3.63) is 0 Å². The van der Waals surface area contributed by atoms with Gasteiger partial charge in [-0.3, -0.25) is 0 Å². The zero-order valence-corrected chi connectivity index (χ0v) is 15.3. The molecule has 0 aliphatic heterocycles. The fourth-order valence-corrected chi connectivity index (χ4v) is 1.79. The minimum Gasteiger partial charge on any atom is -0.348 e. The van der Waals surface area contributed by atoms with Gasteiger partial charge in [-0.25, -0.2) is 0 Å². The first-order valence-corrected chi connectivity index (χ1v) is 9.26. The van der Waals surface area contributed by atoms with Gasteiger partial charge in [-0.1, -0.05) is 53.4 Å². The van der Waals surface area contributed by atoms with Gasteiger partial charge in [0, 0.05) is 26.4 Å². The first kappa shape index (κ1) is 21.8. The highest BCUT2D eigenvalue weighted by molar-refractivity contribution is 4.54. The highest BCUT2D eigenvalue weighted by Crippen LogP contribution is 2.12. The molecule has 0 N–H and O–H groups in total. The van der Waals surface area contributed by atoms with Gasteiger partial charge in [0.2, 0.25) is 12.6 Å². The Balaban J connectivity index is 4.42. The van der Waals surface area contributed by atoms with Crippen LogP contribution >= 0.6 is 0 Å². The second-order valence-corrected chi connectivity index (χ2v) is 5.63. The molecule has 0 aliphatic rings. The smallest absolute Gasteiger partial charge is 0.209 e. The summed E-state index contributed by atoms with van der Waals surface area (Å²) in [6.45, 7) is 11.4. The summed E-state index contributed by atoms with van der Waals surface area (Å²) in [5.41, 5.74) is 0. The van der Waals surface area contributed by atoms with E-state index in [0.717, 1.165) is 51.4 Å². The van der Waals surface area contributed by atoms with Crippen molar-refractivity contribution >= 4 is 0 Å². The van der Waals surface area contributed by atoms with Gasteiger partial charge in [-0.05, 0) is 25.7 Å². The molecule has 0 aromatic carbocycles. The standard InChI is InChI=1S/C18H38O4/c1-5-9-13-19-17(20-14-10-6-2)18(21-15-11-7-3)22-16-12-8-4/h17-18H,5-16H2,1-4H3. The molecule has 0 aromatic heterocycles. The Morgan fingerprint density at radius 2 is 0.682 bits per heavy atom. The van der Waals surface area contributed by atoms with Crippen LogP contribution in [0, 0.1) is 0 Å². The molecule has 0 aliphatic carbocycles. The van der Waals surface area contributed by atoms with Crippen LogP contribution in [0.4, 0.5) is 0 Å². The van der Waals surface area contributed by atoms with Crippen molar-refractivity contribution in [3.63, 3.8) is 0 Å². The zero-order valence-electron chi connectivity index (χ0n) is 15.3. The molecule has 4 heteroatoms. The summed E-state index contributed by atoms with van der Waals surface area (Å²) in [7, 11) is 0. The fourth-order valence-electron chi connectivity index (χ4n) is 1.79. The van der Waals surface area contributed by atoms with Crippen LogP contribution in [-0.4, -0.2) is 39.0 Å². The topological polar surface area (TPSA) is 36.9 Å². The Labute approximate surface area is 137 Å². The molecular formula is C18H38O4. The Hall–Kier alpha value is -0.160. The van der Waals surface area contributed by atoms with Gasteiger partial charge in [-0.15, -0.1) is 0 Å². The molecule has 22 heavy (non-hydrogen) atoms.